The zero-order valence-corrected chi connectivity index (χ0v) is 30.7. The van der Waals surface area contributed by atoms with Crippen LogP contribution in [0.3, 0.4) is 0 Å². The average Bonchev–Trinajstić information content (AvgIpc) is 3.18. The molecule has 0 saturated heterocycles. The highest BCUT2D eigenvalue weighted by atomic mass is 16.5. The van der Waals surface area contributed by atoms with Gasteiger partial charge in [0.2, 0.25) is 5.91 Å². The van der Waals surface area contributed by atoms with E-state index >= 15 is 0 Å². The van der Waals surface area contributed by atoms with E-state index < -0.39 is 35.8 Å². The third kappa shape index (κ3) is 13.7. The van der Waals surface area contributed by atoms with Crippen molar-refractivity contribution in [1.82, 2.24) is 10.6 Å². The Morgan fingerprint density at radius 2 is 1.20 bits per heavy atom. The van der Waals surface area contributed by atoms with E-state index in [4.69, 9.17) is 14.2 Å². The number of carbonyl (C=O) groups excluding carboxylic acids is 4. The number of aliphatic hydroxyl groups excluding tert-OH is 2. The van der Waals surface area contributed by atoms with Gasteiger partial charge in [-0.1, -0.05) is 74.5 Å². The van der Waals surface area contributed by atoms with Gasteiger partial charge in [-0.15, -0.1) is 0 Å². The van der Waals surface area contributed by atoms with Gasteiger partial charge < -0.3 is 40.0 Å². The number of ether oxygens (including phenoxy) is 3. The van der Waals surface area contributed by atoms with Gasteiger partial charge in [-0.3, -0.25) is 14.4 Å². The number of aliphatic hydroxyl groups is 2. The normalized spacial score (nSPS) is 11.9. The topological polar surface area (TPSA) is 164 Å². The van der Waals surface area contributed by atoms with Crippen molar-refractivity contribution in [2.24, 2.45) is 5.92 Å². The number of hydrogen-bond acceptors (Lipinski definition) is 10. The molecule has 0 aliphatic rings. The fourth-order valence-corrected chi connectivity index (χ4v) is 5.51. The second kappa shape index (κ2) is 21.7. The first-order valence-electron chi connectivity index (χ1n) is 18.0. The van der Waals surface area contributed by atoms with E-state index in [0.29, 0.717) is 30.2 Å². The predicted molar refractivity (Wildman–Crippen MR) is 204 cm³/mol. The zero-order valence-electron chi connectivity index (χ0n) is 30.7. The SMILES string of the molecule is CC(C)C[C@H](NC(=O)c1ccc(Oc2ccc(N(CCO)CCO)cc2)cc1)C(=O)N[C@@H](CCC(=O)OCc1ccccc1)C(=O)OCc1ccccc1. The summed E-state index contributed by atoms with van der Waals surface area (Å²) in [6, 6.07) is 29.8. The Bertz CT molecular complexity index is 1750. The van der Waals surface area contributed by atoms with E-state index in [1.165, 1.54) is 0 Å². The summed E-state index contributed by atoms with van der Waals surface area (Å²) in [5.41, 5.74) is 2.70. The molecule has 4 aromatic rings. The first-order chi connectivity index (χ1) is 26.1. The summed E-state index contributed by atoms with van der Waals surface area (Å²) in [5.74, 6) is -1.28. The Morgan fingerprint density at radius 3 is 1.74 bits per heavy atom. The third-order valence-corrected chi connectivity index (χ3v) is 8.33. The van der Waals surface area contributed by atoms with Crippen molar-refractivity contribution >= 4 is 29.4 Å². The number of anilines is 1. The predicted octanol–water partition coefficient (Wildman–Crippen LogP) is 5.17. The van der Waals surface area contributed by atoms with Crippen LogP contribution in [0.5, 0.6) is 11.5 Å². The van der Waals surface area contributed by atoms with E-state index in [9.17, 15) is 29.4 Å². The molecule has 0 spiro atoms. The molecule has 0 aliphatic heterocycles. The van der Waals surface area contributed by atoms with Crippen molar-refractivity contribution in [3.05, 3.63) is 126 Å². The van der Waals surface area contributed by atoms with E-state index in [2.05, 4.69) is 10.6 Å². The van der Waals surface area contributed by atoms with Gasteiger partial charge in [0.1, 0.15) is 36.8 Å². The molecule has 0 aliphatic carbocycles. The Hall–Kier alpha value is -5.72. The van der Waals surface area contributed by atoms with Crippen LogP contribution in [0.2, 0.25) is 0 Å². The number of amides is 2. The highest BCUT2D eigenvalue weighted by Gasteiger charge is 2.29. The van der Waals surface area contributed by atoms with Crippen molar-refractivity contribution in [1.29, 1.82) is 0 Å². The van der Waals surface area contributed by atoms with Gasteiger partial charge in [0.05, 0.1) is 13.2 Å². The van der Waals surface area contributed by atoms with Crippen molar-refractivity contribution in [2.75, 3.05) is 31.2 Å². The third-order valence-electron chi connectivity index (χ3n) is 8.33. The molecule has 0 aromatic heterocycles. The molecule has 2 amide bonds. The Labute approximate surface area is 316 Å². The van der Waals surface area contributed by atoms with Crippen LogP contribution in [0.1, 0.15) is 54.6 Å². The van der Waals surface area contributed by atoms with Gasteiger partial charge >= 0.3 is 11.9 Å². The van der Waals surface area contributed by atoms with Crippen LogP contribution in [0.15, 0.2) is 109 Å². The second-order valence-electron chi connectivity index (χ2n) is 13.0. The minimum absolute atomic E-state index is 0.0130. The molecule has 286 valence electrons. The van der Waals surface area contributed by atoms with Crippen LogP contribution in [0, 0.1) is 5.92 Å². The molecular formula is C42H49N3O9. The number of esters is 2. The lowest BCUT2D eigenvalue weighted by atomic mass is 10.0. The molecule has 2 atom stereocenters. The van der Waals surface area contributed by atoms with Gasteiger partial charge in [0.15, 0.2) is 0 Å². The Balaban J connectivity index is 1.39. The minimum Gasteiger partial charge on any atom is -0.461 e. The summed E-state index contributed by atoms with van der Waals surface area (Å²) in [6.45, 7) is 4.57. The van der Waals surface area contributed by atoms with Gasteiger partial charge in [0.25, 0.3) is 5.91 Å². The lowest BCUT2D eigenvalue weighted by molar-refractivity contribution is -0.150. The van der Waals surface area contributed by atoms with Crippen LogP contribution >= 0.6 is 0 Å². The van der Waals surface area contributed by atoms with Crippen LogP contribution in [0.25, 0.3) is 0 Å². The summed E-state index contributed by atoms with van der Waals surface area (Å²) in [4.78, 5) is 54.8. The summed E-state index contributed by atoms with van der Waals surface area (Å²) in [5, 5.41) is 24.1. The molecule has 0 saturated carbocycles. The van der Waals surface area contributed by atoms with E-state index in [0.717, 1.165) is 16.8 Å². The molecule has 0 heterocycles. The lowest BCUT2D eigenvalue weighted by Gasteiger charge is -2.24. The Kier molecular flexibility index (Phi) is 16.5. The van der Waals surface area contributed by atoms with Crippen LogP contribution in [0.4, 0.5) is 5.69 Å². The molecule has 4 aromatic carbocycles. The highest BCUT2D eigenvalue weighted by molar-refractivity contribution is 5.98. The maximum atomic E-state index is 13.7. The lowest BCUT2D eigenvalue weighted by Crippen LogP contribution is -2.52. The monoisotopic (exact) mass is 739 g/mol. The van der Waals surface area contributed by atoms with Crippen molar-refractivity contribution in [3.8, 4) is 11.5 Å². The highest BCUT2D eigenvalue weighted by Crippen LogP contribution is 2.25. The molecule has 0 radical (unpaired) electrons. The van der Waals surface area contributed by atoms with Gasteiger partial charge in [-0.25, -0.2) is 4.79 Å². The van der Waals surface area contributed by atoms with Gasteiger partial charge in [-0.05, 0) is 78.4 Å². The molecule has 4 N–H and O–H groups in total. The molecule has 0 bridgehead atoms. The quantitative estimate of drug-likeness (QED) is 0.0840. The number of rotatable bonds is 21. The summed E-state index contributed by atoms with van der Waals surface area (Å²) >= 11 is 0. The van der Waals surface area contributed by atoms with Crippen LogP contribution in [-0.2, 0) is 37.1 Å². The first-order valence-corrected chi connectivity index (χ1v) is 18.0. The molecular weight excluding hydrogens is 690 g/mol. The number of hydrogen-bond donors (Lipinski definition) is 4. The fraction of sp³-hybridized carbons (Fsp3) is 0.333. The zero-order chi connectivity index (χ0) is 38.7. The largest absolute Gasteiger partial charge is 0.461 e. The first kappa shape index (κ1) is 41.0. The molecule has 54 heavy (non-hydrogen) atoms. The number of carbonyl (C=O) groups is 4. The van der Waals surface area contributed by atoms with Gasteiger partial charge in [-0.2, -0.15) is 0 Å². The maximum Gasteiger partial charge on any atom is 0.328 e. The number of benzene rings is 4. The minimum atomic E-state index is -1.17. The Morgan fingerprint density at radius 1 is 0.667 bits per heavy atom. The van der Waals surface area contributed by atoms with E-state index in [1.807, 2.05) is 79.4 Å². The summed E-state index contributed by atoms with van der Waals surface area (Å²) in [6.07, 6.45) is 0.0701. The molecule has 0 fully saturated rings. The summed E-state index contributed by atoms with van der Waals surface area (Å²) in [7, 11) is 0. The smallest absolute Gasteiger partial charge is 0.328 e. The molecule has 4 rings (SSSR count). The van der Waals surface area contributed by atoms with Crippen molar-refractivity contribution < 1.29 is 43.6 Å². The fourth-order valence-electron chi connectivity index (χ4n) is 5.51. The van der Waals surface area contributed by atoms with E-state index in [1.54, 1.807) is 48.5 Å². The number of nitrogens with one attached hydrogen (secondary N) is 2. The summed E-state index contributed by atoms with van der Waals surface area (Å²) < 4.78 is 16.8. The van der Waals surface area contributed by atoms with Crippen LogP contribution < -0.4 is 20.3 Å². The maximum absolute atomic E-state index is 13.7. The molecule has 0 unspecified atom stereocenters. The second-order valence-corrected chi connectivity index (χ2v) is 13.0. The average molecular weight is 740 g/mol. The van der Waals surface area contributed by atoms with E-state index in [-0.39, 0.29) is 51.6 Å². The molecule has 12 heteroatoms. The van der Waals surface area contributed by atoms with Gasteiger partial charge in [0, 0.05) is 30.8 Å². The standard InChI is InChI=1S/C42H49N3O9/c1-30(2)27-38(44-40(49)33-13-17-35(18-14-33)54-36-19-15-34(16-20-36)45(23-25-46)24-26-47)41(50)43-37(42(51)53-29-32-11-7-4-8-12-32)21-22-39(48)52-28-31-9-5-3-6-10-31/h3-20,30,37-38,46-47H,21-29H2,1-2H3,(H,43,50)(H,44,49)/t37-,38-/m0/s1. The number of nitrogens with zero attached hydrogens (tertiary/aromatic N) is 1. The van der Waals surface area contributed by atoms with Crippen molar-refractivity contribution in [3.63, 3.8) is 0 Å². The van der Waals surface area contributed by atoms with Crippen LogP contribution in [-0.4, -0.2) is 72.4 Å². The van der Waals surface area contributed by atoms with Crippen molar-refractivity contribution in [2.45, 2.75) is 58.4 Å². The molecule has 12 nitrogen and oxygen atoms in total.